The molecule has 0 radical (unpaired) electrons. The topological polar surface area (TPSA) is 17.1 Å². The number of fused-ring (bicyclic) bond motifs is 2. The van der Waals surface area contributed by atoms with Crippen LogP contribution in [0.3, 0.4) is 0 Å². The van der Waals surface area contributed by atoms with Crippen LogP contribution in [-0.4, -0.2) is 5.78 Å². The minimum Gasteiger partial charge on any atom is -0.298 e. The van der Waals surface area contributed by atoms with Gasteiger partial charge in [0.05, 0.1) is 5.41 Å². The van der Waals surface area contributed by atoms with E-state index in [1.54, 1.807) is 6.07 Å². The number of ketones is 1. The lowest BCUT2D eigenvalue weighted by Crippen LogP contribution is -2.13. The fourth-order valence-corrected chi connectivity index (χ4v) is 2.31. The van der Waals surface area contributed by atoms with Crippen molar-refractivity contribution in [2.75, 3.05) is 0 Å². The average Bonchev–Trinajstić information content (AvgIpc) is 2.83. The maximum atomic E-state index is 12.9. The SMILES string of the molecule is O=C1Cc2ccc(F)cc2C12CC2. The van der Waals surface area contributed by atoms with Gasteiger partial charge in [-0.3, -0.25) is 4.79 Å². The molecule has 0 unspecified atom stereocenters. The highest BCUT2D eigenvalue weighted by Gasteiger charge is 2.55. The number of Topliss-reactive ketones (excluding diaryl/α,β-unsaturated/α-hetero) is 1. The first-order valence-electron chi connectivity index (χ1n) is 4.55. The van der Waals surface area contributed by atoms with E-state index in [4.69, 9.17) is 0 Å². The number of hydrogen-bond acceptors (Lipinski definition) is 1. The molecule has 1 nitrogen and oxygen atoms in total. The lowest BCUT2D eigenvalue weighted by atomic mass is 9.98. The van der Waals surface area contributed by atoms with E-state index in [-0.39, 0.29) is 17.0 Å². The van der Waals surface area contributed by atoms with Gasteiger partial charge in [0.25, 0.3) is 0 Å². The minimum atomic E-state index is -0.253. The standard InChI is InChI=1S/C11H9FO/c12-8-2-1-7-5-10(13)11(3-4-11)9(7)6-8/h1-2,6H,3-5H2. The first kappa shape index (κ1) is 7.25. The van der Waals surface area contributed by atoms with Crippen molar-refractivity contribution in [2.24, 2.45) is 0 Å². The van der Waals surface area contributed by atoms with E-state index >= 15 is 0 Å². The second kappa shape index (κ2) is 2.00. The number of hydrogen-bond donors (Lipinski definition) is 0. The van der Waals surface area contributed by atoms with Crippen molar-refractivity contribution < 1.29 is 9.18 Å². The molecule has 13 heavy (non-hydrogen) atoms. The van der Waals surface area contributed by atoms with Crippen molar-refractivity contribution >= 4 is 5.78 Å². The minimum absolute atomic E-state index is 0.222. The summed E-state index contributed by atoms with van der Waals surface area (Å²) in [6.45, 7) is 0. The van der Waals surface area contributed by atoms with E-state index < -0.39 is 0 Å². The van der Waals surface area contributed by atoms with Gasteiger partial charge in [0.15, 0.2) is 0 Å². The monoisotopic (exact) mass is 176 g/mol. The third-order valence-corrected chi connectivity index (χ3v) is 3.22. The highest BCUT2D eigenvalue weighted by molar-refractivity contribution is 5.99. The average molecular weight is 176 g/mol. The number of rotatable bonds is 0. The molecule has 2 aliphatic carbocycles. The van der Waals surface area contributed by atoms with Crippen LogP contribution in [-0.2, 0) is 16.6 Å². The molecule has 1 fully saturated rings. The van der Waals surface area contributed by atoms with Crippen LogP contribution in [0.2, 0.25) is 0 Å². The predicted molar refractivity (Wildman–Crippen MR) is 46.0 cm³/mol. The Bertz CT molecular complexity index is 405. The molecule has 0 aliphatic heterocycles. The Labute approximate surface area is 75.6 Å². The van der Waals surface area contributed by atoms with E-state index in [0.717, 1.165) is 24.0 Å². The van der Waals surface area contributed by atoms with E-state index in [1.807, 2.05) is 0 Å². The van der Waals surface area contributed by atoms with Crippen molar-refractivity contribution in [3.8, 4) is 0 Å². The largest absolute Gasteiger partial charge is 0.298 e. The zero-order chi connectivity index (χ0) is 9.05. The van der Waals surface area contributed by atoms with Gasteiger partial charge < -0.3 is 0 Å². The zero-order valence-corrected chi connectivity index (χ0v) is 7.14. The van der Waals surface area contributed by atoms with Gasteiger partial charge in [-0.1, -0.05) is 6.07 Å². The molecule has 1 aromatic carbocycles. The molecule has 0 aromatic heterocycles. The molecule has 1 saturated carbocycles. The summed E-state index contributed by atoms with van der Waals surface area (Å²) in [5.41, 5.74) is 1.73. The van der Waals surface area contributed by atoms with Crippen LogP contribution in [0.25, 0.3) is 0 Å². The summed E-state index contributed by atoms with van der Waals surface area (Å²) in [4.78, 5) is 11.6. The highest BCUT2D eigenvalue weighted by atomic mass is 19.1. The van der Waals surface area contributed by atoms with Crippen molar-refractivity contribution in [2.45, 2.75) is 24.7 Å². The second-order valence-electron chi connectivity index (χ2n) is 3.98. The molecule has 66 valence electrons. The van der Waals surface area contributed by atoms with Crippen LogP contribution < -0.4 is 0 Å². The van der Waals surface area contributed by atoms with Gasteiger partial charge >= 0.3 is 0 Å². The third-order valence-electron chi connectivity index (χ3n) is 3.22. The van der Waals surface area contributed by atoms with Gasteiger partial charge in [-0.05, 0) is 36.1 Å². The van der Waals surface area contributed by atoms with Crippen LogP contribution in [0, 0.1) is 5.82 Å². The summed E-state index contributed by atoms with van der Waals surface area (Å²) in [6.07, 6.45) is 2.35. The van der Waals surface area contributed by atoms with Gasteiger partial charge in [-0.2, -0.15) is 0 Å². The third kappa shape index (κ3) is 0.781. The molecular formula is C11H9FO. The molecule has 0 N–H and O–H groups in total. The molecule has 2 aliphatic rings. The lowest BCUT2D eigenvalue weighted by molar-refractivity contribution is -0.119. The van der Waals surface area contributed by atoms with Crippen molar-refractivity contribution in [3.63, 3.8) is 0 Å². The Kier molecular flexibility index (Phi) is 1.12. The number of benzene rings is 1. The van der Waals surface area contributed by atoms with Crippen LogP contribution in [0.4, 0.5) is 4.39 Å². The highest BCUT2D eigenvalue weighted by Crippen LogP contribution is 2.54. The Morgan fingerprint density at radius 3 is 2.77 bits per heavy atom. The molecule has 0 amide bonds. The fourth-order valence-electron chi connectivity index (χ4n) is 2.31. The molecule has 0 saturated heterocycles. The van der Waals surface area contributed by atoms with Gasteiger partial charge in [0, 0.05) is 6.42 Å². The van der Waals surface area contributed by atoms with Crippen LogP contribution in [0.15, 0.2) is 18.2 Å². The maximum absolute atomic E-state index is 12.9. The Balaban J connectivity index is 2.24. The summed E-state index contributed by atoms with van der Waals surface area (Å²) in [7, 11) is 0. The van der Waals surface area contributed by atoms with E-state index in [9.17, 15) is 9.18 Å². The molecule has 0 bridgehead atoms. The van der Waals surface area contributed by atoms with Crippen LogP contribution in [0.1, 0.15) is 24.0 Å². The van der Waals surface area contributed by atoms with Gasteiger partial charge in [0.2, 0.25) is 0 Å². The molecule has 3 rings (SSSR count). The van der Waals surface area contributed by atoms with Crippen LogP contribution in [0.5, 0.6) is 0 Å². The first-order chi connectivity index (χ1) is 6.22. The molecule has 2 heteroatoms. The van der Waals surface area contributed by atoms with E-state index in [0.29, 0.717) is 6.42 Å². The van der Waals surface area contributed by atoms with Crippen molar-refractivity contribution in [1.82, 2.24) is 0 Å². The summed E-state index contributed by atoms with van der Waals surface area (Å²) >= 11 is 0. The van der Waals surface area contributed by atoms with Crippen LogP contribution >= 0.6 is 0 Å². The smallest absolute Gasteiger partial charge is 0.147 e. The predicted octanol–water partition coefficient (Wildman–Crippen LogP) is 1.98. The summed E-state index contributed by atoms with van der Waals surface area (Å²) in [5, 5.41) is 0. The quantitative estimate of drug-likeness (QED) is 0.590. The zero-order valence-electron chi connectivity index (χ0n) is 7.14. The summed E-state index contributed by atoms with van der Waals surface area (Å²) in [5.74, 6) is 0.0628. The van der Waals surface area contributed by atoms with E-state index in [1.165, 1.54) is 12.1 Å². The molecule has 1 aromatic rings. The van der Waals surface area contributed by atoms with Crippen molar-refractivity contribution in [1.29, 1.82) is 0 Å². The molecule has 1 spiro atoms. The van der Waals surface area contributed by atoms with E-state index in [2.05, 4.69) is 0 Å². The summed E-state index contributed by atoms with van der Waals surface area (Å²) < 4.78 is 12.9. The summed E-state index contributed by atoms with van der Waals surface area (Å²) in [6, 6.07) is 4.72. The number of halogens is 1. The number of carbonyl (C=O) groups is 1. The van der Waals surface area contributed by atoms with Gasteiger partial charge in [0.1, 0.15) is 11.6 Å². The Morgan fingerprint density at radius 1 is 1.31 bits per heavy atom. The fraction of sp³-hybridized carbons (Fsp3) is 0.364. The first-order valence-corrected chi connectivity index (χ1v) is 4.55. The van der Waals surface area contributed by atoms with Crippen molar-refractivity contribution in [3.05, 3.63) is 35.1 Å². The molecule has 0 atom stereocenters. The number of carbonyl (C=O) groups excluding carboxylic acids is 1. The van der Waals surface area contributed by atoms with Gasteiger partial charge in [-0.15, -0.1) is 0 Å². The lowest BCUT2D eigenvalue weighted by Gasteiger charge is -2.05. The second-order valence-corrected chi connectivity index (χ2v) is 3.98. The normalized spacial score (nSPS) is 22.1. The van der Waals surface area contributed by atoms with Gasteiger partial charge in [-0.25, -0.2) is 4.39 Å². The Hall–Kier alpha value is -1.18. The molecular weight excluding hydrogens is 167 g/mol. The Morgan fingerprint density at radius 2 is 2.08 bits per heavy atom. The maximum Gasteiger partial charge on any atom is 0.147 e. The molecule has 0 heterocycles.